The highest BCUT2D eigenvalue weighted by Gasteiger charge is 2.14. The van der Waals surface area contributed by atoms with E-state index in [1.165, 1.54) is 25.9 Å². The third-order valence-electron chi connectivity index (χ3n) is 5.43. The molecule has 6 heteroatoms. The predicted octanol–water partition coefficient (Wildman–Crippen LogP) is 3.57. The average molecular weight is 393 g/mol. The van der Waals surface area contributed by atoms with Crippen LogP contribution in [-0.2, 0) is 0 Å². The Morgan fingerprint density at radius 2 is 1.83 bits per heavy atom. The molecule has 0 bridgehead atoms. The van der Waals surface area contributed by atoms with E-state index >= 15 is 0 Å². The van der Waals surface area contributed by atoms with Crippen LogP contribution in [0.5, 0.6) is 11.5 Å². The second kappa shape index (κ2) is 8.66. The topological polar surface area (TPSA) is 56.6 Å². The predicted molar refractivity (Wildman–Crippen MR) is 114 cm³/mol. The molecular weight excluding hydrogens is 366 g/mol. The van der Waals surface area contributed by atoms with E-state index in [-0.39, 0.29) is 5.56 Å². The second-order valence-electron chi connectivity index (χ2n) is 7.40. The van der Waals surface area contributed by atoms with Gasteiger partial charge in [-0.1, -0.05) is 6.07 Å². The van der Waals surface area contributed by atoms with E-state index < -0.39 is 0 Å². The number of hydrogen-bond donors (Lipinski definition) is 0. The van der Waals surface area contributed by atoms with Crippen molar-refractivity contribution in [1.29, 1.82) is 0 Å². The van der Waals surface area contributed by atoms with Crippen LogP contribution < -0.4 is 15.0 Å². The van der Waals surface area contributed by atoms with Gasteiger partial charge in [0.1, 0.15) is 22.7 Å². The molecule has 6 nitrogen and oxygen atoms in total. The van der Waals surface area contributed by atoms with Gasteiger partial charge < -0.3 is 14.4 Å². The Kier molecular flexibility index (Phi) is 5.81. The maximum absolute atomic E-state index is 13.2. The standard InChI is InChI=1S/C23H27N3O3/c1-17-24-20-7-5-8-21(28-2)22(20)23(27)26(17)18-9-11-19(12-10-18)29-16-6-15-25-13-3-4-14-25/h5,7-12H,3-4,6,13-16H2,1-2H3. The molecule has 0 saturated carbocycles. The summed E-state index contributed by atoms with van der Waals surface area (Å²) in [5.41, 5.74) is 1.27. The largest absolute Gasteiger partial charge is 0.496 e. The van der Waals surface area contributed by atoms with E-state index in [1.807, 2.05) is 43.3 Å². The van der Waals surface area contributed by atoms with Crippen molar-refractivity contribution in [3.63, 3.8) is 0 Å². The molecule has 0 amide bonds. The Morgan fingerprint density at radius 1 is 1.07 bits per heavy atom. The SMILES string of the molecule is COc1cccc2nc(C)n(-c3ccc(OCCCN4CCCC4)cc3)c(=O)c12. The molecule has 0 atom stereocenters. The molecule has 1 saturated heterocycles. The number of rotatable bonds is 7. The van der Waals surface area contributed by atoms with Crippen molar-refractivity contribution in [2.75, 3.05) is 33.4 Å². The van der Waals surface area contributed by atoms with Crippen molar-refractivity contribution in [3.05, 3.63) is 58.6 Å². The summed E-state index contributed by atoms with van der Waals surface area (Å²) in [6.45, 7) is 6.06. The Balaban J connectivity index is 1.51. The van der Waals surface area contributed by atoms with Crippen LogP contribution in [0.3, 0.4) is 0 Å². The van der Waals surface area contributed by atoms with Crippen LogP contribution >= 0.6 is 0 Å². The molecule has 4 rings (SSSR count). The fourth-order valence-electron chi connectivity index (χ4n) is 3.96. The van der Waals surface area contributed by atoms with Gasteiger partial charge in [0.15, 0.2) is 0 Å². The first-order valence-electron chi connectivity index (χ1n) is 10.2. The number of fused-ring (bicyclic) bond motifs is 1. The van der Waals surface area contributed by atoms with Gasteiger partial charge in [0.05, 0.1) is 24.9 Å². The minimum absolute atomic E-state index is 0.135. The van der Waals surface area contributed by atoms with Crippen LogP contribution in [0.2, 0.25) is 0 Å². The Labute approximate surface area is 170 Å². The van der Waals surface area contributed by atoms with Gasteiger partial charge in [-0.05, 0) is 75.7 Å². The van der Waals surface area contributed by atoms with Gasteiger partial charge in [-0.3, -0.25) is 9.36 Å². The Morgan fingerprint density at radius 3 is 2.55 bits per heavy atom. The molecule has 0 unspecified atom stereocenters. The first kappa shape index (κ1) is 19.5. The highest BCUT2D eigenvalue weighted by Crippen LogP contribution is 2.22. The van der Waals surface area contributed by atoms with E-state index in [0.717, 1.165) is 24.4 Å². The van der Waals surface area contributed by atoms with Crippen molar-refractivity contribution in [3.8, 4) is 17.2 Å². The fraction of sp³-hybridized carbons (Fsp3) is 0.391. The first-order valence-corrected chi connectivity index (χ1v) is 10.2. The number of likely N-dealkylation sites (tertiary alicyclic amines) is 1. The summed E-state index contributed by atoms with van der Waals surface area (Å²) in [6.07, 6.45) is 3.65. The Hall–Kier alpha value is -2.86. The second-order valence-corrected chi connectivity index (χ2v) is 7.40. The molecule has 2 heterocycles. The number of hydrogen-bond acceptors (Lipinski definition) is 5. The lowest BCUT2D eigenvalue weighted by molar-refractivity contribution is 0.263. The van der Waals surface area contributed by atoms with E-state index in [2.05, 4.69) is 9.88 Å². The van der Waals surface area contributed by atoms with Gasteiger partial charge in [0.2, 0.25) is 0 Å². The van der Waals surface area contributed by atoms with Crippen LogP contribution in [-0.4, -0.2) is 47.8 Å². The van der Waals surface area contributed by atoms with Crippen LogP contribution in [0, 0.1) is 6.92 Å². The maximum Gasteiger partial charge on any atom is 0.269 e. The van der Waals surface area contributed by atoms with Crippen LogP contribution in [0.15, 0.2) is 47.3 Å². The molecule has 29 heavy (non-hydrogen) atoms. The third-order valence-corrected chi connectivity index (χ3v) is 5.43. The van der Waals surface area contributed by atoms with E-state index in [9.17, 15) is 4.79 Å². The number of benzene rings is 2. The molecule has 0 radical (unpaired) electrons. The molecule has 0 N–H and O–H groups in total. The van der Waals surface area contributed by atoms with Crippen molar-refractivity contribution in [2.45, 2.75) is 26.2 Å². The zero-order chi connectivity index (χ0) is 20.2. The summed E-state index contributed by atoms with van der Waals surface area (Å²) in [7, 11) is 1.56. The minimum Gasteiger partial charge on any atom is -0.496 e. The molecule has 3 aromatic rings. The summed E-state index contributed by atoms with van der Waals surface area (Å²) in [4.78, 5) is 20.2. The molecular formula is C23H27N3O3. The van der Waals surface area contributed by atoms with E-state index in [4.69, 9.17) is 9.47 Å². The quantitative estimate of drug-likeness (QED) is 0.575. The molecule has 2 aromatic carbocycles. The molecule has 1 aliphatic rings. The lowest BCUT2D eigenvalue weighted by atomic mass is 10.2. The molecule has 1 fully saturated rings. The van der Waals surface area contributed by atoms with Crippen molar-refractivity contribution >= 4 is 10.9 Å². The van der Waals surface area contributed by atoms with Gasteiger partial charge in [-0.25, -0.2) is 4.98 Å². The normalized spacial score (nSPS) is 14.4. The molecule has 1 aromatic heterocycles. The minimum atomic E-state index is -0.135. The monoisotopic (exact) mass is 393 g/mol. The summed E-state index contributed by atoms with van der Waals surface area (Å²) in [5, 5.41) is 0.489. The van der Waals surface area contributed by atoms with Crippen molar-refractivity contribution < 1.29 is 9.47 Å². The van der Waals surface area contributed by atoms with Gasteiger partial charge in [0, 0.05) is 6.54 Å². The number of aromatic nitrogens is 2. The number of methoxy groups -OCH3 is 1. The molecule has 0 aliphatic carbocycles. The summed E-state index contributed by atoms with van der Waals surface area (Å²) < 4.78 is 12.9. The van der Waals surface area contributed by atoms with Crippen molar-refractivity contribution in [2.24, 2.45) is 0 Å². The highest BCUT2D eigenvalue weighted by molar-refractivity contribution is 5.84. The van der Waals surface area contributed by atoms with Crippen LogP contribution in [0.25, 0.3) is 16.6 Å². The first-order chi connectivity index (χ1) is 14.2. The molecule has 0 spiro atoms. The highest BCUT2D eigenvalue weighted by atomic mass is 16.5. The van der Waals surface area contributed by atoms with E-state index in [0.29, 0.717) is 29.1 Å². The van der Waals surface area contributed by atoms with Gasteiger partial charge in [-0.2, -0.15) is 0 Å². The zero-order valence-electron chi connectivity index (χ0n) is 17.1. The Bertz CT molecular complexity index is 1040. The zero-order valence-corrected chi connectivity index (χ0v) is 17.1. The van der Waals surface area contributed by atoms with Crippen LogP contribution in [0.4, 0.5) is 0 Å². The van der Waals surface area contributed by atoms with Gasteiger partial charge in [-0.15, -0.1) is 0 Å². The fourth-order valence-corrected chi connectivity index (χ4v) is 3.96. The lowest BCUT2D eigenvalue weighted by Gasteiger charge is -2.15. The third kappa shape index (κ3) is 4.12. The molecule has 1 aliphatic heterocycles. The number of aryl methyl sites for hydroxylation is 1. The number of ether oxygens (including phenoxy) is 2. The maximum atomic E-state index is 13.2. The van der Waals surface area contributed by atoms with Crippen molar-refractivity contribution in [1.82, 2.24) is 14.5 Å². The summed E-state index contributed by atoms with van der Waals surface area (Å²) in [5.74, 6) is 1.98. The lowest BCUT2D eigenvalue weighted by Crippen LogP contribution is -2.22. The van der Waals surface area contributed by atoms with Gasteiger partial charge in [0.25, 0.3) is 5.56 Å². The summed E-state index contributed by atoms with van der Waals surface area (Å²) >= 11 is 0. The smallest absolute Gasteiger partial charge is 0.269 e. The van der Waals surface area contributed by atoms with Crippen LogP contribution in [0.1, 0.15) is 25.1 Å². The average Bonchev–Trinajstić information content (AvgIpc) is 3.25. The van der Waals surface area contributed by atoms with E-state index in [1.54, 1.807) is 17.7 Å². The molecule has 152 valence electrons. The van der Waals surface area contributed by atoms with Gasteiger partial charge >= 0.3 is 0 Å². The number of nitrogens with zero attached hydrogens (tertiary/aromatic N) is 3. The summed E-state index contributed by atoms with van der Waals surface area (Å²) in [6, 6.07) is 13.1.